The van der Waals surface area contributed by atoms with Crippen molar-refractivity contribution in [1.82, 2.24) is 14.1 Å². The van der Waals surface area contributed by atoms with Gasteiger partial charge in [0, 0.05) is 31.1 Å². The van der Waals surface area contributed by atoms with E-state index >= 15 is 0 Å². The third-order valence-corrected chi connectivity index (χ3v) is 6.22. The second-order valence-corrected chi connectivity index (χ2v) is 8.23. The molecule has 0 saturated carbocycles. The lowest BCUT2D eigenvalue weighted by molar-refractivity contribution is 0.582. The van der Waals surface area contributed by atoms with E-state index in [1.807, 2.05) is 40.6 Å². The molecule has 2 aromatic heterocycles. The number of aryl methyl sites for hydroxylation is 2. The van der Waals surface area contributed by atoms with Crippen LogP contribution in [0.3, 0.4) is 0 Å². The lowest BCUT2D eigenvalue weighted by Gasteiger charge is -2.13. The molecule has 0 N–H and O–H groups in total. The van der Waals surface area contributed by atoms with Crippen molar-refractivity contribution in [2.75, 3.05) is 0 Å². The molecule has 0 fully saturated rings. The summed E-state index contributed by atoms with van der Waals surface area (Å²) in [5, 5.41) is 0.788. The second-order valence-electron chi connectivity index (χ2n) is 7.28. The molecule has 0 aliphatic rings. The van der Waals surface area contributed by atoms with Crippen molar-refractivity contribution in [2.24, 2.45) is 7.05 Å². The van der Waals surface area contributed by atoms with Crippen LogP contribution in [0.2, 0.25) is 0 Å². The fourth-order valence-electron chi connectivity index (χ4n) is 3.62. The lowest BCUT2D eigenvalue weighted by atomic mass is 10.1. The van der Waals surface area contributed by atoms with E-state index in [0.717, 1.165) is 34.0 Å². The molecule has 4 nitrogen and oxygen atoms in total. The standard InChI is InChI=1S/C24H25N3OS/c1-4-14-27-23(28)22-21(20(15-26(22)3)18-11-6-5-7-12-18)25-24(27)29-16-19-13-9-8-10-17(19)2/h5-13,15H,4,14,16H2,1-3H3. The molecule has 0 atom stereocenters. The van der Waals surface area contributed by atoms with Gasteiger partial charge in [0.05, 0.1) is 0 Å². The van der Waals surface area contributed by atoms with Crippen molar-refractivity contribution >= 4 is 22.8 Å². The largest absolute Gasteiger partial charge is 0.344 e. The molecule has 0 aliphatic heterocycles. The van der Waals surface area contributed by atoms with Crippen LogP contribution in [0, 0.1) is 6.92 Å². The third-order valence-electron chi connectivity index (χ3n) is 5.19. The van der Waals surface area contributed by atoms with Crippen LogP contribution < -0.4 is 5.56 Å². The van der Waals surface area contributed by atoms with Crippen LogP contribution in [-0.2, 0) is 19.3 Å². The maximum absolute atomic E-state index is 13.4. The summed E-state index contributed by atoms with van der Waals surface area (Å²) in [7, 11) is 1.92. The van der Waals surface area contributed by atoms with Crippen LogP contribution in [0.1, 0.15) is 24.5 Å². The monoisotopic (exact) mass is 403 g/mol. The molecule has 0 bridgehead atoms. The van der Waals surface area contributed by atoms with Gasteiger partial charge in [-0.2, -0.15) is 0 Å². The number of rotatable bonds is 6. The quantitative estimate of drug-likeness (QED) is 0.319. The topological polar surface area (TPSA) is 39.8 Å². The molecule has 2 aromatic carbocycles. The van der Waals surface area contributed by atoms with E-state index in [9.17, 15) is 4.79 Å². The molecular weight excluding hydrogens is 378 g/mol. The molecule has 0 amide bonds. The number of nitrogens with zero attached hydrogens (tertiary/aromatic N) is 3. The molecule has 29 heavy (non-hydrogen) atoms. The Bertz CT molecular complexity index is 1210. The summed E-state index contributed by atoms with van der Waals surface area (Å²) in [5.41, 5.74) is 6.09. The van der Waals surface area contributed by atoms with E-state index in [1.165, 1.54) is 11.1 Å². The van der Waals surface area contributed by atoms with Crippen molar-refractivity contribution in [3.8, 4) is 11.1 Å². The molecule has 5 heteroatoms. The Labute approximate surface area is 175 Å². The Morgan fingerprint density at radius 1 is 1.03 bits per heavy atom. The van der Waals surface area contributed by atoms with Crippen molar-refractivity contribution in [3.63, 3.8) is 0 Å². The minimum Gasteiger partial charge on any atom is -0.344 e. The van der Waals surface area contributed by atoms with Gasteiger partial charge >= 0.3 is 0 Å². The number of aromatic nitrogens is 3. The van der Waals surface area contributed by atoms with Gasteiger partial charge in [0.2, 0.25) is 0 Å². The van der Waals surface area contributed by atoms with Gasteiger partial charge in [-0.3, -0.25) is 9.36 Å². The number of benzene rings is 2. The van der Waals surface area contributed by atoms with E-state index in [2.05, 4.69) is 50.2 Å². The highest BCUT2D eigenvalue weighted by molar-refractivity contribution is 7.98. The van der Waals surface area contributed by atoms with E-state index in [0.29, 0.717) is 12.1 Å². The highest BCUT2D eigenvalue weighted by atomic mass is 32.2. The average molecular weight is 404 g/mol. The SMILES string of the molecule is CCCn1c(SCc2ccccc2C)nc2c(-c3ccccc3)cn(C)c2c1=O. The summed E-state index contributed by atoms with van der Waals surface area (Å²) in [6, 6.07) is 18.5. The predicted molar refractivity (Wildman–Crippen MR) is 121 cm³/mol. The zero-order chi connectivity index (χ0) is 20.4. The van der Waals surface area contributed by atoms with Crippen LogP contribution in [0.5, 0.6) is 0 Å². The zero-order valence-electron chi connectivity index (χ0n) is 17.1. The average Bonchev–Trinajstić information content (AvgIpc) is 3.07. The van der Waals surface area contributed by atoms with E-state index in [4.69, 9.17) is 4.98 Å². The summed E-state index contributed by atoms with van der Waals surface area (Å²) in [5.74, 6) is 0.793. The maximum atomic E-state index is 13.4. The second kappa shape index (κ2) is 8.29. The first-order valence-corrected chi connectivity index (χ1v) is 10.9. The Balaban J connectivity index is 1.85. The van der Waals surface area contributed by atoms with E-state index < -0.39 is 0 Å². The first-order chi connectivity index (χ1) is 14.1. The van der Waals surface area contributed by atoms with E-state index in [1.54, 1.807) is 11.8 Å². The van der Waals surface area contributed by atoms with Gasteiger partial charge in [0.15, 0.2) is 5.16 Å². The van der Waals surface area contributed by atoms with Crippen LogP contribution >= 0.6 is 11.8 Å². The smallest absolute Gasteiger partial charge is 0.278 e. The molecule has 0 radical (unpaired) electrons. The zero-order valence-corrected chi connectivity index (χ0v) is 17.9. The van der Waals surface area contributed by atoms with Crippen molar-refractivity contribution in [1.29, 1.82) is 0 Å². The van der Waals surface area contributed by atoms with Gasteiger partial charge in [0.25, 0.3) is 5.56 Å². The van der Waals surface area contributed by atoms with Crippen LogP contribution in [0.25, 0.3) is 22.2 Å². The lowest BCUT2D eigenvalue weighted by Crippen LogP contribution is -2.24. The minimum absolute atomic E-state index is 0.0359. The normalized spacial score (nSPS) is 11.3. The molecule has 148 valence electrons. The fraction of sp³-hybridized carbons (Fsp3) is 0.250. The minimum atomic E-state index is 0.0359. The first kappa shape index (κ1) is 19.5. The highest BCUT2D eigenvalue weighted by Crippen LogP contribution is 2.30. The summed E-state index contributed by atoms with van der Waals surface area (Å²) >= 11 is 1.64. The third kappa shape index (κ3) is 3.75. The van der Waals surface area contributed by atoms with Crippen molar-refractivity contribution in [3.05, 3.63) is 82.3 Å². The highest BCUT2D eigenvalue weighted by Gasteiger charge is 2.18. The molecule has 0 unspecified atom stereocenters. The van der Waals surface area contributed by atoms with Gasteiger partial charge in [-0.05, 0) is 30.0 Å². The maximum Gasteiger partial charge on any atom is 0.278 e. The number of hydrogen-bond acceptors (Lipinski definition) is 3. The first-order valence-electron chi connectivity index (χ1n) is 9.92. The van der Waals surface area contributed by atoms with Crippen LogP contribution in [-0.4, -0.2) is 14.1 Å². The van der Waals surface area contributed by atoms with Gasteiger partial charge in [-0.1, -0.05) is 73.3 Å². The molecule has 2 heterocycles. The molecule has 4 rings (SSSR count). The number of hydrogen-bond donors (Lipinski definition) is 0. The van der Waals surface area contributed by atoms with Gasteiger partial charge in [-0.15, -0.1) is 0 Å². The molecule has 0 spiro atoms. The van der Waals surface area contributed by atoms with Gasteiger partial charge in [0.1, 0.15) is 11.0 Å². The predicted octanol–water partition coefficient (Wildman–Crippen LogP) is 5.41. The van der Waals surface area contributed by atoms with Crippen molar-refractivity contribution in [2.45, 2.75) is 37.7 Å². The Morgan fingerprint density at radius 2 is 1.76 bits per heavy atom. The van der Waals surface area contributed by atoms with Gasteiger partial charge < -0.3 is 4.57 Å². The van der Waals surface area contributed by atoms with Crippen molar-refractivity contribution < 1.29 is 0 Å². The number of thioether (sulfide) groups is 1. The summed E-state index contributed by atoms with van der Waals surface area (Å²) < 4.78 is 3.75. The number of fused-ring (bicyclic) bond motifs is 1. The van der Waals surface area contributed by atoms with E-state index in [-0.39, 0.29) is 5.56 Å². The Kier molecular flexibility index (Phi) is 5.58. The summed E-state index contributed by atoms with van der Waals surface area (Å²) in [6.45, 7) is 4.88. The molecule has 0 aliphatic carbocycles. The Morgan fingerprint density at radius 3 is 2.48 bits per heavy atom. The molecular formula is C24H25N3OS. The molecule has 0 saturated heterocycles. The van der Waals surface area contributed by atoms with Crippen LogP contribution in [0.4, 0.5) is 0 Å². The summed E-state index contributed by atoms with van der Waals surface area (Å²) in [4.78, 5) is 18.4. The molecule has 4 aromatic rings. The fourth-order valence-corrected chi connectivity index (χ4v) is 4.72. The van der Waals surface area contributed by atoms with Crippen LogP contribution in [0.15, 0.2) is 70.7 Å². The van der Waals surface area contributed by atoms with Gasteiger partial charge in [-0.25, -0.2) is 4.98 Å². The Hall–Kier alpha value is -2.79. The summed E-state index contributed by atoms with van der Waals surface area (Å²) in [6.07, 6.45) is 2.90.